The van der Waals surface area contributed by atoms with E-state index >= 15 is 0 Å². The lowest BCUT2D eigenvalue weighted by atomic mass is 9.82. The number of fused-ring (bicyclic) bond motifs is 1. The molecule has 0 bridgehead atoms. The Labute approximate surface area is 119 Å². The Morgan fingerprint density at radius 1 is 1.50 bits per heavy atom. The zero-order valence-corrected chi connectivity index (χ0v) is 13.2. The van der Waals surface area contributed by atoms with E-state index in [0.717, 1.165) is 15.5 Å². The van der Waals surface area contributed by atoms with Crippen molar-refractivity contribution in [2.75, 3.05) is 5.33 Å². The molecule has 3 nitrogen and oxygen atoms in total. The van der Waals surface area contributed by atoms with Crippen LogP contribution in [0.1, 0.15) is 20.8 Å². The first-order valence-corrected chi connectivity index (χ1v) is 7.92. The third-order valence-corrected chi connectivity index (χ3v) is 4.88. The third-order valence-electron chi connectivity index (χ3n) is 3.28. The fourth-order valence-corrected chi connectivity index (χ4v) is 3.71. The van der Waals surface area contributed by atoms with Crippen LogP contribution in [0.25, 0.3) is 10.2 Å². The lowest BCUT2D eigenvalue weighted by molar-refractivity contribution is 0.237. The van der Waals surface area contributed by atoms with Gasteiger partial charge in [0.25, 0.3) is 5.56 Å². The topological polar surface area (TPSA) is 34.9 Å². The molecule has 0 aliphatic heterocycles. The van der Waals surface area contributed by atoms with Crippen LogP contribution < -0.4 is 5.56 Å². The van der Waals surface area contributed by atoms with Crippen LogP contribution in [-0.4, -0.2) is 14.9 Å². The average molecular weight is 329 g/mol. The summed E-state index contributed by atoms with van der Waals surface area (Å²) in [5.74, 6) is 0.396. The molecule has 5 heteroatoms. The molecule has 18 heavy (non-hydrogen) atoms. The van der Waals surface area contributed by atoms with E-state index in [1.54, 1.807) is 10.9 Å². The summed E-state index contributed by atoms with van der Waals surface area (Å²) >= 11 is 5.05. The molecule has 0 aromatic carbocycles. The number of alkyl halides is 1. The monoisotopic (exact) mass is 328 g/mol. The van der Waals surface area contributed by atoms with E-state index in [1.165, 1.54) is 11.3 Å². The molecule has 2 heterocycles. The Kier molecular flexibility index (Phi) is 3.92. The molecule has 0 aliphatic carbocycles. The number of rotatable bonds is 3. The van der Waals surface area contributed by atoms with Crippen molar-refractivity contribution in [3.8, 4) is 0 Å². The molecular formula is C13H17BrN2OS. The molecule has 2 aromatic rings. The lowest BCUT2D eigenvalue weighted by Crippen LogP contribution is -2.31. The van der Waals surface area contributed by atoms with Crippen molar-refractivity contribution in [2.45, 2.75) is 27.3 Å². The summed E-state index contributed by atoms with van der Waals surface area (Å²) in [4.78, 5) is 17.4. The van der Waals surface area contributed by atoms with Crippen LogP contribution in [0.15, 0.2) is 22.6 Å². The van der Waals surface area contributed by atoms with E-state index in [-0.39, 0.29) is 11.0 Å². The highest BCUT2D eigenvalue weighted by molar-refractivity contribution is 9.09. The molecule has 0 N–H and O–H groups in total. The van der Waals surface area contributed by atoms with Gasteiger partial charge in [0.2, 0.25) is 0 Å². The van der Waals surface area contributed by atoms with Crippen molar-refractivity contribution in [1.29, 1.82) is 0 Å². The van der Waals surface area contributed by atoms with Gasteiger partial charge in [0.05, 0.1) is 11.7 Å². The van der Waals surface area contributed by atoms with Crippen molar-refractivity contribution in [2.24, 2.45) is 11.3 Å². The van der Waals surface area contributed by atoms with Crippen LogP contribution in [0.5, 0.6) is 0 Å². The SMILES string of the molecule is CC(C)(C)C(CBr)Cn1cnc2sccc2c1=O. The van der Waals surface area contributed by atoms with Crippen LogP contribution in [0.2, 0.25) is 0 Å². The van der Waals surface area contributed by atoms with Gasteiger partial charge in [-0.05, 0) is 22.8 Å². The lowest BCUT2D eigenvalue weighted by Gasteiger charge is -2.29. The van der Waals surface area contributed by atoms with Gasteiger partial charge in [0.15, 0.2) is 0 Å². The van der Waals surface area contributed by atoms with Crippen molar-refractivity contribution in [3.63, 3.8) is 0 Å². The molecule has 0 spiro atoms. The number of nitrogens with zero attached hydrogens (tertiary/aromatic N) is 2. The highest BCUT2D eigenvalue weighted by Gasteiger charge is 2.24. The van der Waals surface area contributed by atoms with Crippen molar-refractivity contribution < 1.29 is 0 Å². The second-order valence-electron chi connectivity index (χ2n) is 5.56. The third kappa shape index (κ3) is 2.67. The molecule has 0 fully saturated rings. The van der Waals surface area contributed by atoms with Crippen LogP contribution in [0.3, 0.4) is 0 Å². The molecular weight excluding hydrogens is 312 g/mol. The van der Waals surface area contributed by atoms with E-state index < -0.39 is 0 Å². The van der Waals surface area contributed by atoms with Crippen molar-refractivity contribution >= 4 is 37.5 Å². The second kappa shape index (κ2) is 5.13. The molecule has 2 rings (SSSR count). The van der Waals surface area contributed by atoms with Gasteiger partial charge < -0.3 is 0 Å². The Morgan fingerprint density at radius 2 is 2.22 bits per heavy atom. The summed E-state index contributed by atoms with van der Waals surface area (Å²) in [5.41, 5.74) is 0.225. The van der Waals surface area contributed by atoms with Crippen molar-refractivity contribution in [1.82, 2.24) is 9.55 Å². The van der Waals surface area contributed by atoms with E-state index in [2.05, 4.69) is 41.7 Å². The standard InChI is InChI=1S/C13H17BrN2OS/c1-13(2,3)9(6-14)7-16-8-15-11-10(12(16)17)4-5-18-11/h4-5,8-9H,6-7H2,1-3H3. The summed E-state index contributed by atoms with van der Waals surface area (Å²) in [7, 11) is 0. The summed E-state index contributed by atoms with van der Waals surface area (Å²) < 4.78 is 1.73. The number of aromatic nitrogens is 2. The summed E-state index contributed by atoms with van der Waals surface area (Å²) in [5, 5.41) is 3.52. The first kappa shape index (κ1) is 13.7. The fraction of sp³-hybridized carbons (Fsp3) is 0.538. The molecule has 0 saturated carbocycles. The Hall–Kier alpha value is -0.680. The zero-order valence-electron chi connectivity index (χ0n) is 10.8. The largest absolute Gasteiger partial charge is 0.298 e. The highest BCUT2D eigenvalue weighted by Crippen LogP contribution is 2.28. The van der Waals surface area contributed by atoms with Gasteiger partial charge in [-0.25, -0.2) is 4.98 Å². The Bertz CT molecular complexity index is 597. The van der Waals surface area contributed by atoms with Gasteiger partial charge >= 0.3 is 0 Å². The van der Waals surface area contributed by atoms with Gasteiger partial charge in [0, 0.05) is 11.9 Å². The molecule has 1 atom stereocenters. The number of hydrogen-bond donors (Lipinski definition) is 0. The van der Waals surface area contributed by atoms with Gasteiger partial charge in [-0.3, -0.25) is 9.36 Å². The van der Waals surface area contributed by atoms with Crippen LogP contribution in [0.4, 0.5) is 0 Å². The first-order chi connectivity index (χ1) is 8.43. The molecule has 0 radical (unpaired) electrons. The molecule has 98 valence electrons. The van der Waals surface area contributed by atoms with E-state index in [1.807, 2.05) is 11.4 Å². The van der Waals surface area contributed by atoms with Crippen LogP contribution >= 0.6 is 27.3 Å². The van der Waals surface area contributed by atoms with E-state index in [4.69, 9.17) is 0 Å². The highest BCUT2D eigenvalue weighted by atomic mass is 79.9. The van der Waals surface area contributed by atoms with Crippen LogP contribution in [0, 0.1) is 11.3 Å². The number of halogens is 1. The quantitative estimate of drug-likeness (QED) is 0.808. The zero-order chi connectivity index (χ0) is 13.3. The molecule has 0 aliphatic rings. The number of thiophene rings is 1. The predicted molar refractivity (Wildman–Crippen MR) is 80.6 cm³/mol. The van der Waals surface area contributed by atoms with Crippen LogP contribution in [-0.2, 0) is 6.54 Å². The summed E-state index contributed by atoms with van der Waals surface area (Å²) in [6, 6.07) is 1.85. The predicted octanol–water partition coefficient (Wildman–Crippen LogP) is 3.52. The van der Waals surface area contributed by atoms with Gasteiger partial charge in [-0.2, -0.15) is 0 Å². The normalized spacial score (nSPS) is 14.0. The summed E-state index contributed by atoms with van der Waals surface area (Å²) in [6.45, 7) is 7.29. The second-order valence-corrected chi connectivity index (χ2v) is 7.10. The number of hydrogen-bond acceptors (Lipinski definition) is 3. The van der Waals surface area contributed by atoms with Gasteiger partial charge in [-0.1, -0.05) is 36.7 Å². The van der Waals surface area contributed by atoms with Gasteiger partial charge in [0.1, 0.15) is 4.83 Å². The smallest absolute Gasteiger partial charge is 0.262 e. The maximum atomic E-state index is 12.3. The maximum absolute atomic E-state index is 12.3. The minimum Gasteiger partial charge on any atom is -0.298 e. The maximum Gasteiger partial charge on any atom is 0.262 e. The molecule has 0 saturated heterocycles. The van der Waals surface area contributed by atoms with Gasteiger partial charge in [-0.15, -0.1) is 11.3 Å². The minimum absolute atomic E-state index is 0.0662. The van der Waals surface area contributed by atoms with E-state index in [0.29, 0.717) is 12.5 Å². The molecule has 2 aromatic heterocycles. The fourth-order valence-electron chi connectivity index (χ4n) is 1.81. The average Bonchev–Trinajstić information content (AvgIpc) is 2.75. The molecule has 1 unspecified atom stereocenters. The Balaban J connectivity index is 2.37. The molecule has 0 amide bonds. The Morgan fingerprint density at radius 3 is 2.83 bits per heavy atom. The first-order valence-electron chi connectivity index (χ1n) is 5.92. The minimum atomic E-state index is 0.0662. The summed E-state index contributed by atoms with van der Waals surface area (Å²) in [6.07, 6.45) is 1.67. The van der Waals surface area contributed by atoms with Crippen molar-refractivity contribution in [3.05, 3.63) is 28.1 Å². The van der Waals surface area contributed by atoms with E-state index in [9.17, 15) is 4.79 Å².